The van der Waals surface area contributed by atoms with Gasteiger partial charge >= 0.3 is 0 Å². The molecule has 0 radical (unpaired) electrons. The van der Waals surface area contributed by atoms with Crippen molar-refractivity contribution in [3.63, 3.8) is 0 Å². The first kappa shape index (κ1) is 5.76. The fraction of sp³-hybridized carbons (Fsp3) is 0.833. The Morgan fingerprint density at radius 3 is 2.75 bits per heavy atom. The lowest BCUT2D eigenvalue weighted by Gasteiger charge is -2.05. The predicted molar refractivity (Wildman–Crippen MR) is 31.7 cm³/mol. The largest absolute Gasteiger partial charge is 0.305 e. The van der Waals surface area contributed by atoms with Crippen LogP contribution in [0.4, 0.5) is 0 Å². The van der Waals surface area contributed by atoms with Crippen LogP contribution in [0.3, 0.4) is 0 Å². The van der Waals surface area contributed by atoms with Crippen LogP contribution in [-0.2, 0) is 4.79 Å². The molecule has 1 N–H and O–H groups in total. The molecule has 0 atom stereocenters. The number of hydrogen-bond donors (Lipinski definition) is 1. The van der Waals surface area contributed by atoms with Crippen LogP contribution < -0.4 is 5.32 Å². The standard InChI is InChI=1S/C6H11NO/c1-6(2-3-6)7-4-5-8/h5,7H,2-4H2,1H3. The van der Waals surface area contributed by atoms with Crippen LogP contribution in [0.2, 0.25) is 0 Å². The van der Waals surface area contributed by atoms with Crippen molar-refractivity contribution in [1.82, 2.24) is 5.32 Å². The van der Waals surface area contributed by atoms with E-state index in [1.807, 2.05) is 0 Å². The molecule has 0 heterocycles. The third-order valence-electron chi connectivity index (χ3n) is 1.61. The first-order valence-electron chi connectivity index (χ1n) is 2.95. The second-order valence-electron chi connectivity index (χ2n) is 2.61. The minimum Gasteiger partial charge on any atom is -0.305 e. The molecule has 0 aromatic carbocycles. The Kier molecular flexibility index (Phi) is 1.34. The third kappa shape index (κ3) is 1.30. The molecule has 1 fully saturated rings. The van der Waals surface area contributed by atoms with Crippen molar-refractivity contribution in [2.24, 2.45) is 0 Å². The van der Waals surface area contributed by atoms with Crippen molar-refractivity contribution in [2.75, 3.05) is 6.54 Å². The molecule has 0 unspecified atom stereocenters. The molecule has 1 aliphatic carbocycles. The van der Waals surface area contributed by atoms with Gasteiger partial charge in [-0.15, -0.1) is 0 Å². The van der Waals surface area contributed by atoms with E-state index in [0.29, 0.717) is 12.1 Å². The highest BCUT2D eigenvalue weighted by Crippen LogP contribution is 2.33. The number of nitrogens with one attached hydrogen (secondary N) is 1. The lowest BCUT2D eigenvalue weighted by atomic mass is 10.3. The van der Waals surface area contributed by atoms with Crippen LogP contribution in [0.1, 0.15) is 19.8 Å². The average Bonchev–Trinajstić information content (AvgIpc) is 2.45. The summed E-state index contributed by atoms with van der Waals surface area (Å²) in [5.41, 5.74) is 0.320. The van der Waals surface area contributed by atoms with Gasteiger partial charge in [-0.3, -0.25) is 0 Å². The van der Waals surface area contributed by atoms with Crippen LogP contribution in [0.15, 0.2) is 0 Å². The van der Waals surface area contributed by atoms with Gasteiger partial charge in [-0.05, 0) is 19.8 Å². The smallest absolute Gasteiger partial charge is 0.133 e. The summed E-state index contributed by atoms with van der Waals surface area (Å²) in [4.78, 5) is 9.82. The van der Waals surface area contributed by atoms with Crippen molar-refractivity contribution >= 4 is 6.29 Å². The number of rotatable bonds is 3. The normalized spacial score (nSPS) is 22.6. The van der Waals surface area contributed by atoms with Crippen molar-refractivity contribution < 1.29 is 4.79 Å². The van der Waals surface area contributed by atoms with Gasteiger partial charge in [0.1, 0.15) is 6.29 Å². The maximum Gasteiger partial charge on any atom is 0.133 e. The Balaban J connectivity index is 2.09. The molecule has 1 aliphatic rings. The highest BCUT2D eigenvalue weighted by atomic mass is 16.1. The maximum atomic E-state index is 9.82. The highest BCUT2D eigenvalue weighted by Gasteiger charge is 2.35. The summed E-state index contributed by atoms with van der Waals surface area (Å²) in [5, 5.41) is 3.11. The molecular weight excluding hydrogens is 102 g/mol. The molecule has 1 rings (SSSR count). The van der Waals surface area contributed by atoms with E-state index in [4.69, 9.17) is 0 Å². The molecule has 0 bridgehead atoms. The zero-order valence-electron chi connectivity index (χ0n) is 5.11. The van der Waals surface area contributed by atoms with E-state index >= 15 is 0 Å². The molecule has 0 saturated heterocycles. The molecular formula is C6H11NO. The molecule has 0 aromatic heterocycles. The monoisotopic (exact) mass is 113 g/mol. The van der Waals surface area contributed by atoms with Crippen LogP contribution >= 0.6 is 0 Å². The van der Waals surface area contributed by atoms with E-state index in [0.717, 1.165) is 6.29 Å². The molecule has 46 valence electrons. The second-order valence-corrected chi connectivity index (χ2v) is 2.61. The van der Waals surface area contributed by atoms with Gasteiger partial charge in [0, 0.05) is 5.54 Å². The summed E-state index contributed by atoms with van der Waals surface area (Å²) in [7, 11) is 0. The van der Waals surface area contributed by atoms with E-state index in [2.05, 4.69) is 12.2 Å². The summed E-state index contributed by atoms with van der Waals surface area (Å²) in [6, 6.07) is 0. The number of aldehydes is 1. The predicted octanol–water partition coefficient (Wildman–Crippen LogP) is 0.327. The molecule has 0 spiro atoms. The Bertz CT molecular complexity index is 96.7. The number of carbonyl (C=O) groups excluding carboxylic acids is 1. The van der Waals surface area contributed by atoms with Gasteiger partial charge in [0.05, 0.1) is 6.54 Å². The van der Waals surface area contributed by atoms with Crippen LogP contribution in [0.5, 0.6) is 0 Å². The molecule has 1 saturated carbocycles. The van der Waals surface area contributed by atoms with Crippen LogP contribution in [0, 0.1) is 0 Å². The van der Waals surface area contributed by atoms with Crippen molar-refractivity contribution in [3.8, 4) is 0 Å². The van der Waals surface area contributed by atoms with Gasteiger partial charge in [0.25, 0.3) is 0 Å². The lowest BCUT2D eigenvalue weighted by molar-refractivity contribution is -0.107. The van der Waals surface area contributed by atoms with E-state index in [1.165, 1.54) is 12.8 Å². The molecule has 2 nitrogen and oxygen atoms in total. The molecule has 0 amide bonds. The summed E-state index contributed by atoms with van der Waals surface area (Å²) in [5.74, 6) is 0. The average molecular weight is 113 g/mol. The Hall–Kier alpha value is -0.370. The van der Waals surface area contributed by atoms with Crippen LogP contribution in [-0.4, -0.2) is 18.4 Å². The fourth-order valence-corrected chi connectivity index (χ4v) is 0.652. The van der Waals surface area contributed by atoms with Gasteiger partial charge in [0.15, 0.2) is 0 Å². The SMILES string of the molecule is CC1(NCC=O)CC1. The van der Waals surface area contributed by atoms with Crippen molar-refractivity contribution in [1.29, 1.82) is 0 Å². The van der Waals surface area contributed by atoms with E-state index in [1.54, 1.807) is 0 Å². The number of carbonyl (C=O) groups is 1. The first-order chi connectivity index (χ1) is 3.77. The zero-order valence-corrected chi connectivity index (χ0v) is 5.11. The van der Waals surface area contributed by atoms with Gasteiger partial charge in [0.2, 0.25) is 0 Å². The van der Waals surface area contributed by atoms with E-state index in [-0.39, 0.29) is 0 Å². The highest BCUT2D eigenvalue weighted by molar-refractivity contribution is 5.52. The quantitative estimate of drug-likeness (QED) is 0.534. The molecule has 2 heteroatoms. The first-order valence-corrected chi connectivity index (χ1v) is 2.95. The summed E-state index contributed by atoms with van der Waals surface area (Å²) in [6.07, 6.45) is 3.35. The van der Waals surface area contributed by atoms with Gasteiger partial charge < -0.3 is 10.1 Å². The van der Waals surface area contributed by atoms with E-state index in [9.17, 15) is 4.79 Å². The van der Waals surface area contributed by atoms with Crippen molar-refractivity contribution in [2.45, 2.75) is 25.3 Å². The molecule has 8 heavy (non-hydrogen) atoms. The Morgan fingerprint density at radius 1 is 1.75 bits per heavy atom. The van der Waals surface area contributed by atoms with E-state index < -0.39 is 0 Å². The summed E-state index contributed by atoms with van der Waals surface area (Å²) >= 11 is 0. The maximum absolute atomic E-state index is 9.82. The summed E-state index contributed by atoms with van der Waals surface area (Å²) < 4.78 is 0. The lowest BCUT2D eigenvalue weighted by Crippen LogP contribution is -2.29. The number of hydrogen-bond acceptors (Lipinski definition) is 2. The van der Waals surface area contributed by atoms with Gasteiger partial charge in [-0.2, -0.15) is 0 Å². The Morgan fingerprint density at radius 2 is 2.38 bits per heavy atom. The van der Waals surface area contributed by atoms with Crippen molar-refractivity contribution in [3.05, 3.63) is 0 Å². The molecule has 0 aromatic rings. The minimum absolute atomic E-state index is 0.320. The zero-order chi connectivity index (χ0) is 6.04. The minimum atomic E-state index is 0.320. The third-order valence-corrected chi connectivity index (χ3v) is 1.61. The summed E-state index contributed by atoms with van der Waals surface area (Å²) in [6.45, 7) is 2.65. The topological polar surface area (TPSA) is 29.1 Å². The Labute approximate surface area is 49.3 Å². The van der Waals surface area contributed by atoms with Gasteiger partial charge in [-0.25, -0.2) is 0 Å². The second kappa shape index (κ2) is 1.86. The fourth-order valence-electron chi connectivity index (χ4n) is 0.652. The molecule has 0 aliphatic heterocycles. The van der Waals surface area contributed by atoms with Crippen LogP contribution in [0.25, 0.3) is 0 Å². The van der Waals surface area contributed by atoms with Gasteiger partial charge in [-0.1, -0.05) is 0 Å².